The number of halogens is 2. The fraction of sp³-hybridized carbons (Fsp3) is 0.333. The summed E-state index contributed by atoms with van der Waals surface area (Å²) in [5.74, 6) is -0.517. The van der Waals surface area contributed by atoms with Gasteiger partial charge in [-0.2, -0.15) is 9.94 Å². The lowest BCUT2D eigenvalue weighted by Gasteiger charge is -2.20. The minimum absolute atomic E-state index is 0.0741. The molecule has 0 amide bonds. The van der Waals surface area contributed by atoms with Crippen LogP contribution in [0.4, 0.5) is 8.78 Å². The van der Waals surface area contributed by atoms with Crippen LogP contribution < -0.4 is 14.8 Å². The number of rotatable bonds is 9. The number of tetrazole rings is 1. The highest BCUT2D eigenvalue weighted by Gasteiger charge is 2.28. The summed E-state index contributed by atoms with van der Waals surface area (Å²) in [5, 5.41) is 32.8. The number of aliphatic hydroxyl groups is 1. The van der Waals surface area contributed by atoms with E-state index in [1.54, 1.807) is 24.3 Å². The molecule has 2 heterocycles. The van der Waals surface area contributed by atoms with Gasteiger partial charge in [0.05, 0.1) is 17.3 Å². The number of nitrogens with zero attached hydrogens (tertiary/aromatic N) is 5. The lowest BCUT2D eigenvalue weighted by Crippen LogP contribution is -2.28. The highest BCUT2D eigenvalue weighted by molar-refractivity contribution is 5.50. The van der Waals surface area contributed by atoms with Gasteiger partial charge in [-0.1, -0.05) is 0 Å². The number of nitrogens with one attached hydrogen (secondary N) is 1. The molecule has 9 nitrogen and oxygen atoms in total. The second kappa shape index (κ2) is 9.67. The lowest BCUT2D eigenvalue weighted by atomic mass is 10.0. The highest BCUT2D eigenvalue weighted by atomic mass is 19.1. The summed E-state index contributed by atoms with van der Waals surface area (Å²) in [6.07, 6.45) is 2.03. The van der Waals surface area contributed by atoms with Crippen LogP contribution in [-0.4, -0.2) is 45.3 Å². The second-order valence-electron chi connectivity index (χ2n) is 7.12. The maximum absolute atomic E-state index is 14.9. The van der Waals surface area contributed by atoms with E-state index in [0.29, 0.717) is 36.6 Å². The summed E-state index contributed by atoms with van der Waals surface area (Å²) in [7, 11) is 0. The van der Waals surface area contributed by atoms with Gasteiger partial charge < -0.3 is 19.9 Å². The van der Waals surface area contributed by atoms with Crippen LogP contribution in [0.1, 0.15) is 42.3 Å². The Morgan fingerprint density at radius 3 is 2.66 bits per heavy atom. The Morgan fingerprint density at radius 2 is 1.91 bits per heavy atom. The number of aromatic nitrogens is 4. The first-order chi connectivity index (χ1) is 15.6. The summed E-state index contributed by atoms with van der Waals surface area (Å²) in [6.45, 7) is 0.573. The molecule has 0 spiro atoms. The molecule has 1 aliphatic rings. The van der Waals surface area contributed by atoms with Crippen molar-refractivity contribution in [2.75, 3.05) is 19.9 Å². The average Bonchev–Trinajstić information content (AvgIpc) is 3.46. The average molecular weight is 442 g/mol. The Hall–Kier alpha value is -3.62. The van der Waals surface area contributed by atoms with Crippen LogP contribution in [0, 0.1) is 23.0 Å². The molecule has 32 heavy (non-hydrogen) atoms. The largest absolute Gasteiger partial charge is 0.454 e. The van der Waals surface area contributed by atoms with E-state index in [1.165, 1.54) is 4.68 Å². The van der Waals surface area contributed by atoms with Crippen LogP contribution in [0.5, 0.6) is 11.5 Å². The van der Waals surface area contributed by atoms with Crippen LogP contribution in [0.3, 0.4) is 0 Å². The normalized spacial score (nSPS) is 13.2. The zero-order valence-electron chi connectivity index (χ0n) is 17.0. The van der Waals surface area contributed by atoms with Gasteiger partial charge in [0.2, 0.25) is 6.79 Å². The molecule has 2 aromatic carbocycles. The quantitative estimate of drug-likeness (QED) is 0.485. The number of unbranched alkanes of at least 4 members (excludes halogenated alkanes) is 2. The molecule has 1 aliphatic heterocycles. The molecule has 166 valence electrons. The van der Waals surface area contributed by atoms with E-state index in [-0.39, 0.29) is 30.4 Å². The van der Waals surface area contributed by atoms with Gasteiger partial charge in [-0.3, -0.25) is 0 Å². The van der Waals surface area contributed by atoms with E-state index in [4.69, 9.17) is 19.8 Å². The number of benzene rings is 2. The van der Waals surface area contributed by atoms with E-state index in [0.717, 1.165) is 18.6 Å². The van der Waals surface area contributed by atoms with Crippen molar-refractivity contribution in [2.24, 2.45) is 0 Å². The van der Waals surface area contributed by atoms with Crippen LogP contribution in [-0.2, 0) is 0 Å². The van der Waals surface area contributed by atoms with Crippen molar-refractivity contribution in [3.63, 3.8) is 0 Å². The molecule has 1 unspecified atom stereocenters. The number of hydrogen-bond acceptors (Lipinski definition) is 8. The highest BCUT2D eigenvalue weighted by Crippen LogP contribution is 2.34. The molecule has 0 aliphatic carbocycles. The molecule has 1 aromatic heterocycles. The molecule has 1 atom stereocenters. The molecule has 0 radical (unpaired) electrons. The lowest BCUT2D eigenvalue weighted by molar-refractivity contribution is 0.174. The monoisotopic (exact) mass is 442 g/mol. The molecular weight excluding hydrogens is 422 g/mol. The number of aliphatic hydroxyl groups excluding tert-OH is 1. The van der Waals surface area contributed by atoms with Crippen molar-refractivity contribution < 1.29 is 23.4 Å². The third-order valence-electron chi connectivity index (χ3n) is 5.03. The van der Waals surface area contributed by atoms with Crippen molar-refractivity contribution in [1.29, 1.82) is 5.26 Å². The number of ether oxygens (including phenoxy) is 2. The van der Waals surface area contributed by atoms with E-state index in [2.05, 4.69) is 20.8 Å². The summed E-state index contributed by atoms with van der Waals surface area (Å²) in [6, 6.07) is 7.75. The molecule has 0 saturated carbocycles. The van der Waals surface area contributed by atoms with Gasteiger partial charge in [0.15, 0.2) is 17.3 Å². The molecule has 0 fully saturated rings. The molecule has 0 bridgehead atoms. The predicted octanol–water partition coefficient (Wildman–Crippen LogP) is 2.38. The van der Waals surface area contributed by atoms with Gasteiger partial charge in [0.1, 0.15) is 17.7 Å². The van der Waals surface area contributed by atoms with Gasteiger partial charge in [-0.15, -0.1) is 5.10 Å². The Morgan fingerprint density at radius 1 is 1.12 bits per heavy atom. The topological polar surface area (TPSA) is 118 Å². The van der Waals surface area contributed by atoms with E-state index < -0.39 is 17.7 Å². The maximum Gasteiger partial charge on any atom is 0.231 e. The molecular formula is C21H20F2N6O3. The van der Waals surface area contributed by atoms with Crippen molar-refractivity contribution in [1.82, 2.24) is 25.5 Å². The Kier molecular flexibility index (Phi) is 6.53. The SMILES string of the molecule is N#Cc1cc(F)c(C(NCCCCCO)c2nnnn2-c2ccc3c(c2)OCO3)c(F)c1. The van der Waals surface area contributed by atoms with Crippen LogP contribution in [0.25, 0.3) is 5.69 Å². The fourth-order valence-electron chi connectivity index (χ4n) is 3.48. The van der Waals surface area contributed by atoms with Crippen molar-refractivity contribution in [3.8, 4) is 23.3 Å². The minimum Gasteiger partial charge on any atom is -0.454 e. The number of fused-ring (bicyclic) bond motifs is 1. The molecule has 11 heteroatoms. The van der Waals surface area contributed by atoms with Crippen LogP contribution in [0.2, 0.25) is 0 Å². The zero-order chi connectivity index (χ0) is 22.5. The third kappa shape index (κ3) is 4.37. The van der Waals surface area contributed by atoms with E-state index in [9.17, 15) is 8.78 Å². The van der Waals surface area contributed by atoms with E-state index in [1.807, 2.05) is 0 Å². The zero-order valence-corrected chi connectivity index (χ0v) is 17.0. The molecule has 0 saturated heterocycles. The van der Waals surface area contributed by atoms with Crippen LogP contribution in [0.15, 0.2) is 30.3 Å². The standard InChI is InChI=1S/C21H20F2N6O3/c22-15-8-13(11-24)9-16(23)19(15)20(25-6-2-1-3-7-30)21-26-27-28-29(21)14-4-5-17-18(10-14)32-12-31-17/h4-5,8-10,20,25,30H,1-3,6-7,12H2. The van der Waals surface area contributed by atoms with Crippen molar-refractivity contribution in [2.45, 2.75) is 25.3 Å². The van der Waals surface area contributed by atoms with Gasteiger partial charge >= 0.3 is 0 Å². The first-order valence-corrected chi connectivity index (χ1v) is 10.0. The second-order valence-corrected chi connectivity index (χ2v) is 7.12. The molecule has 4 rings (SSSR count). The molecule has 2 N–H and O–H groups in total. The van der Waals surface area contributed by atoms with Gasteiger partial charge in [-0.25, -0.2) is 8.78 Å². The summed E-state index contributed by atoms with van der Waals surface area (Å²) >= 11 is 0. The molecule has 3 aromatic rings. The summed E-state index contributed by atoms with van der Waals surface area (Å²) in [5.41, 5.74) is 0.111. The third-order valence-corrected chi connectivity index (χ3v) is 5.03. The summed E-state index contributed by atoms with van der Waals surface area (Å²) in [4.78, 5) is 0. The Labute approximate surface area is 182 Å². The van der Waals surface area contributed by atoms with Gasteiger partial charge in [0, 0.05) is 18.2 Å². The van der Waals surface area contributed by atoms with Gasteiger partial charge in [-0.05, 0) is 60.5 Å². The van der Waals surface area contributed by atoms with Crippen LogP contribution >= 0.6 is 0 Å². The first kappa shape index (κ1) is 21.6. The smallest absolute Gasteiger partial charge is 0.231 e. The maximum atomic E-state index is 14.9. The van der Waals surface area contributed by atoms with Gasteiger partial charge in [0.25, 0.3) is 0 Å². The van der Waals surface area contributed by atoms with Crippen molar-refractivity contribution >= 4 is 0 Å². The minimum atomic E-state index is -1.03. The Balaban J connectivity index is 1.72. The fourth-order valence-corrected chi connectivity index (χ4v) is 3.48. The van der Waals surface area contributed by atoms with Crippen molar-refractivity contribution in [3.05, 3.63) is 58.9 Å². The summed E-state index contributed by atoms with van der Waals surface area (Å²) < 4.78 is 41.9. The first-order valence-electron chi connectivity index (χ1n) is 10.0. The predicted molar refractivity (Wildman–Crippen MR) is 107 cm³/mol. The number of hydrogen-bond donors (Lipinski definition) is 2. The number of nitriles is 1. The van der Waals surface area contributed by atoms with E-state index >= 15 is 0 Å². The Bertz CT molecular complexity index is 1120.